The zero-order valence-corrected chi connectivity index (χ0v) is 12.9. The predicted octanol–water partition coefficient (Wildman–Crippen LogP) is 1.95. The van der Waals surface area contributed by atoms with E-state index in [1.807, 2.05) is 6.26 Å². The summed E-state index contributed by atoms with van der Waals surface area (Å²) < 4.78 is 0.875. The van der Waals surface area contributed by atoms with Crippen LogP contribution in [0.1, 0.15) is 5.01 Å². The van der Waals surface area contributed by atoms with Crippen LogP contribution < -0.4 is 11.5 Å². The number of aromatic nitrogens is 4. The van der Waals surface area contributed by atoms with Gasteiger partial charge in [0.1, 0.15) is 5.01 Å². The normalized spacial score (nSPS) is 12.8. The highest BCUT2D eigenvalue weighted by Gasteiger charge is 2.04. The molecule has 0 fully saturated rings. The van der Waals surface area contributed by atoms with Crippen molar-refractivity contribution in [2.45, 2.75) is 4.34 Å². The van der Waals surface area contributed by atoms with Crippen molar-refractivity contribution in [3.05, 3.63) is 23.4 Å². The van der Waals surface area contributed by atoms with E-state index >= 15 is 0 Å². The molecule has 0 aliphatic carbocycles. The van der Waals surface area contributed by atoms with E-state index in [1.165, 1.54) is 40.6 Å². The fourth-order valence-electron chi connectivity index (χ4n) is 1.17. The Bertz CT molecular complexity index is 655. The molecule has 4 N–H and O–H groups in total. The lowest BCUT2D eigenvalue weighted by Gasteiger charge is -1.92. The van der Waals surface area contributed by atoms with Gasteiger partial charge in [-0.3, -0.25) is 0 Å². The van der Waals surface area contributed by atoms with Crippen LogP contribution in [0.5, 0.6) is 0 Å². The Morgan fingerprint density at radius 3 is 2.70 bits per heavy atom. The highest BCUT2D eigenvalue weighted by atomic mass is 32.2. The van der Waals surface area contributed by atoms with E-state index in [1.54, 1.807) is 18.4 Å². The van der Waals surface area contributed by atoms with E-state index in [0.717, 1.165) is 9.91 Å². The second-order valence-corrected chi connectivity index (χ2v) is 6.28. The minimum absolute atomic E-state index is 0.405. The molecule has 20 heavy (non-hydrogen) atoms. The van der Waals surface area contributed by atoms with Crippen LogP contribution >= 0.6 is 34.4 Å². The summed E-state index contributed by atoms with van der Waals surface area (Å²) in [6.45, 7) is 0. The minimum Gasteiger partial charge on any atom is -0.405 e. The van der Waals surface area contributed by atoms with Crippen LogP contribution in [0.4, 0.5) is 10.3 Å². The smallest absolute Gasteiger partial charge is 0.232 e. The number of hydrogen-bond donors (Lipinski definition) is 2. The van der Waals surface area contributed by atoms with Gasteiger partial charge in [0, 0.05) is 11.8 Å². The number of anilines is 1. The lowest BCUT2D eigenvalue weighted by atomic mass is 10.2. The molecular weight excluding hydrogens is 314 g/mol. The third kappa shape index (κ3) is 3.85. The summed E-state index contributed by atoms with van der Waals surface area (Å²) in [6.07, 6.45) is 8.46. The summed E-state index contributed by atoms with van der Waals surface area (Å²) >= 11 is 4.24. The largest absolute Gasteiger partial charge is 0.405 e. The maximum atomic E-state index is 5.56. The number of nitrogen functional groups attached to an aromatic ring is 1. The molecule has 2 heterocycles. The summed E-state index contributed by atoms with van der Waals surface area (Å²) in [4.78, 5) is 4.21. The van der Waals surface area contributed by atoms with Crippen molar-refractivity contribution in [3.63, 3.8) is 0 Å². The molecule has 2 aromatic heterocycles. The second kappa shape index (κ2) is 7.12. The zero-order chi connectivity index (χ0) is 14.4. The standard InChI is InChI=1S/C10H11N7S3/c1-18-10-17-16-9(20-10)13-5-3-6(2-4-11)7-14-15-8(12)19-7/h2-5H,11H2,1H3,(H2,12,15). The van der Waals surface area contributed by atoms with E-state index in [4.69, 9.17) is 11.5 Å². The van der Waals surface area contributed by atoms with Crippen LogP contribution in [0.15, 0.2) is 27.7 Å². The molecule has 0 aliphatic rings. The molecule has 0 saturated carbocycles. The molecular formula is C10H11N7S3. The zero-order valence-electron chi connectivity index (χ0n) is 10.4. The van der Waals surface area contributed by atoms with Gasteiger partial charge in [0.2, 0.25) is 10.3 Å². The van der Waals surface area contributed by atoms with Gasteiger partial charge < -0.3 is 11.5 Å². The molecule has 0 aliphatic heterocycles. The first-order valence-electron chi connectivity index (χ1n) is 5.32. The van der Waals surface area contributed by atoms with Crippen molar-refractivity contribution in [2.75, 3.05) is 12.0 Å². The Hall–Kier alpha value is -1.78. The lowest BCUT2D eigenvalue weighted by molar-refractivity contribution is 1.01. The lowest BCUT2D eigenvalue weighted by Crippen LogP contribution is -1.84. The molecule has 10 heteroatoms. The van der Waals surface area contributed by atoms with Crippen molar-refractivity contribution < 1.29 is 0 Å². The Balaban J connectivity index is 2.17. The number of thioether (sulfide) groups is 1. The first kappa shape index (κ1) is 14.6. The highest BCUT2D eigenvalue weighted by Crippen LogP contribution is 2.25. The Labute approximate surface area is 127 Å². The summed E-state index contributed by atoms with van der Waals surface area (Å²) in [5.41, 5.74) is 11.8. The Kier molecular flexibility index (Phi) is 5.21. The van der Waals surface area contributed by atoms with Gasteiger partial charge in [0.25, 0.3) is 0 Å². The van der Waals surface area contributed by atoms with Crippen LogP contribution in [-0.4, -0.2) is 32.9 Å². The van der Waals surface area contributed by atoms with Crippen molar-refractivity contribution in [1.29, 1.82) is 0 Å². The van der Waals surface area contributed by atoms with Crippen LogP contribution in [-0.2, 0) is 0 Å². The number of nitrogens with zero attached hydrogens (tertiary/aromatic N) is 5. The molecule has 0 amide bonds. The maximum absolute atomic E-state index is 5.56. The van der Waals surface area contributed by atoms with Crippen molar-refractivity contribution in [3.8, 4) is 0 Å². The molecule has 0 atom stereocenters. The minimum atomic E-state index is 0.405. The number of rotatable bonds is 5. The van der Waals surface area contributed by atoms with E-state index in [9.17, 15) is 0 Å². The van der Waals surface area contributed by atoms with Gasteiger partial charge in [-0.15, -0.1) is 20.4 Å². The van der Waals surface area contributed by atoms with Crippen LogP contribution in [0.3, 0.4) is 0 Å². The van der Waals surface area contributed by atoms with Gasteiger partial charge in [-0.1, -0.05) is 34.4 Å². The van der Waals surface area contributed by atoms with Crippen molar-refractivity contribution in [1.82, 2.24) is 20.4 Å². The van der Waals surface area contributed by atoms with Gasteiger partial charge in [0.05, 0.1) is 0 Å². The van der Waals surface area contributed by atoms with Crippen LogP contribution in [0, 0.1) is 0 Å². The third-order valence-corrected chi connectivity index (χ3v) is 4.58. The summed E-state index contributed by atoms with van der Waals surface area (Å²) in [5, 5.41) is 17.3. The van der Waals surface area contributed by atoms with Gasteiger partial charge >= 0.3 is 0 Å². The molecule has 0 bridgehead atoms. The molecule has 104 valence electrons. The summed E-state index contributed by atoms with van der Waals surface area (Å²) in [7, 11) is 0. The molecule has 7 nitrogen and oxygen atoms in total. The Morgan fingerprint density at radius 2 is 2.10 bits per heavy atom. The SMILES string of the molecule is CSc1nnc(N=CC=C(C=CN)c2nnc(N)s2)s1. The molecule has 2 rings (SSSR count). The van der Waals surface area contributed by atoms with Crippen LogP contribution in [0.25, 0.3) is 5.57 Å². The number of allylic oxidation sites excluding steroid dienone is 3. The monoisotopic (exact) mass is 325 g/mol. The second-order valence-electron chi connectivity index (χ2n) is 3.26. The average Bonchev–Trinajstić information content (AvgIpc) is 3.06. The average molecular weight is 325 g/mol. The molecule has 0 unspecified atom stereocenters. The van der Waals surface area contributed by atoms with E-state index < -0.39 is 0 Å². The van der Waals surface area contributed by atoms with Gasteiger partial charge in [-0.05, 0) is 24.6 Å². The number of aliphatic imine (C=N–C) groups is 1. The third-order valence-electron chi connectivity index (χ3n) is 1.97. The summed E-state index contributed by atoms with van der Waals surface area (Å²) in [6, 6.07) is 0. The van der Waals surface area contributed by atoms with Crippen molar-refractivity contribution >= 4 is 56.5 Å². The maximum Gasteiger partial charge on any atom is 0.232 e. The molecule has 2 aromatic rings. The predicted molar refractivity (Wildman–Crippen MR) is 85.5 cm³/mol. The fourth-order valence-corrected chi connectivity index (χ4v) is 2.90. The first-order chi connectivity index (χ1) is 9.72. The topological polar surface area (TPSA) is 116 Å². The fraction of sp³-hybridized carbons (Fsp3) is 0.100. The number of nitrogens with two attached hydrogens (primary N) is 2. The number of hydrogen-bond acceptors (Lipinski definition) is 10. The van der Waals surface area contributed by atoms with E-state index in [2.05, 4.69) is 25.4 Å². The molecule has 0 radical (unpaired) electrons. The van der Waals surface area contributed by atoms with E-state index in [-0.39, 0.29) is 0 Å². The first-order valence-corrected chi connectivity index (χ1v) is 8.18. The summed E-state index contributed by atoms with van der Waals surface area (Å²) in [5.74, 6) is 0. The van der Waals surface area contributed by atoms with Gasteiger partial charge in [0.15, 0.2) is 4.34 Å². The van der Waals surface area contributed by atoms with Crippen molar-refractivity contribution in [2.24, 2.45) is 10.7 Å². The van der Waals surface area contributed by atoms with Gasteiger partial charge in [-0.2, -0.15) is 0 Å². The Morgan fingerprint density at radius 1 is 1.25 bits per heavy atom. The molecule has 0 spiro atoms. The van der Waals surface area contributed by atoms with Crippen LogP contribution in [0.2, 0.25) is 0 Å². The molecule has 0 saturated heterocycles. The van der Waals surface area contributed by atoms with Gasteiger partial charge in [-0.25, -0.2) is 4.99 Å². The quantitative estimate of drug-likeness (QED) is 0.490. The molecule has 0 aromatic carbocycles. The van der Waals surface area contributed by atoms with E-state index in [0.29, 0.717) is 15.3 Å². The highest BCUT2D eigenvalue weighted by molar-refractivity contribution is 8.00.